The van der Waals surface area contributed by atoms with Gasteiger partial charge in [0.1, 0.15) is 11.5 Å². The zero-order chi connectivity index (χ0) is 26.8. The van der Waals surface area contributed by atoms with Crippen LogP contribution in [0.1, 0.15) is 46.7 Å². The molecule has 2 nitrogen and oxygen atoms in total. The van der Waals surface area contributed by atoms with Gasteiger partial charge in [-0.25, -0.2) is 0 Å². The molecule has 0 bridgehead atoms. The Morgan fingerprint density at radius 1 is 0.775 bits per heavy atom. The molecule has 3 aliphatic rings. The van der Waals surface area contributed by atoms with E-state index in [0.29, 0.717) is 0 Å². The SMILES string of the molecule is C=c1cc2ccccc2c/c1=C/C(N)c1ccc2c(c1)C1(C3=C(C=CCC3)c3ccccc31)c1ccccc1O2. The Balaban J connectivity index is 1.36. The molecule has 40 heavy (non-hydrogen) atoms. The summed E-state index contributed by atoms with van der Waals surface area (Å²) < 4.78 is 6.58. The van der Waals surface area contributed by atoms with Crippen molar-refractivity contribution in [2.45, 2.75) is 24.3 Å². The molecule has 2 N–H and O–H groups in total. The van der Waals surface area contributed by atoms with E-state index in [1.165, 1.54) is 44.2 Å². The number of fused-ring (bicyclic) bond motifs is 9. The first kappa shape index (κ1) is 23.2. The van der Waals surface area contributed by atoms with Crippen molar-refractivity contribution < 1.29 is 4.74 Å². The molecule has 2 aliphatic carbocycles. The summed E-state index contributed by atoms with van der Waals surface area (Å²) in [6.07, 6.45) is 8.81. The van der Waals surface area contributed by atoms with Crippen LogP contribution >= 0.6 is 0 Å². The number of rotatable bonds is 2. The summed E-state index contributed by atoms with van der Waals surface area (Å²) in [5, 5.41) is 4.42. The lowest BCUT2D eigenvalue weighted by atomic mass is 9.64. The molecule has 2 heteroatoms. The number of nitrogens with two attached hydrogens (primary N) is 1. The number of ether oxygens (including phenoxy) is 1. The van der Waals surface area contributed by atoms with Crippen LogP contribution in [0.3, 0.4) is 0 Å². The minimum Gasteiger partial charge on any atom is -0.457 e. The van der Waals surface area contributed by atoms with Crippen LogP contribution in [0.2, 0.25) is 0 Å². The Hall–Kier alpha value is -4.66. The van der Waals surface area contributed by atoms with Gasteiger partial charge in [-0.05, 0) is 92.2 Å². The first-order valence-corrected chi connectivity index (χ1v) is 14.0. The fourth-order valence-electron chi connectivity index (χ4n) is 7.14. The van der Waals surface area contributed by atoms with Crippen LogP contribution < -0.4 is 20.9 Å². The summed E-state index contributed by atoms with van der Waals surface area (Å²) in [4.78, 5) is 0. The highest BCUT2D eigenvalue weighted by molar-refractivity contribution is 5.92. The fraction of sp³-hybridized carbons (Fsp3) is 0.105. The highest BCUT2D eigenvalue weighted by atomic mass is 16.5. The van der Waals surface area contributed by atoms with Crippen molar-refractivity contribution in [1.29, 1.82) is 0 Å². The quantitative estimate of drug-likeness (QED) is 0.268. The molecule has 0 amide bonds. The molecule has 2 unspecified atom stereocenters. The minimum absolute atomic E-state index is 0.294. The highest BCUT2D eigenvalue weighted by Crippen LogP contribution is 2.62. The molecule has 5 aromatic carbocycles. The Kier molecular flexibility index (Phi) is 5.04. The van der Waals surface area contributed by atoms with Crippen molar-refractivity contribution in [2.24, 2.45) is 5.73 Å². The Morgan fingerprint density at radius 3 is 2.38 bits per heavy atom. The fourth-order valence-corrected chi connectivity index (χ4v) is 7.14. The van der Waals surface area contributed by atoms with Gasteiger partial charge in [-0.1, -0.05) is 97.6 Å². The summed E-state index contributed by atoms with van der Waals surface area (Å²) in [6, 6.07) is 36.4. The van der Waals surface area contributed by atoms with Crippen LogP contribution in [0.4, 0.5) is 0 Å². The monoisotopic (exact) mass is 515 g/mol. The topological polar surface area (TPSA) is 35.2 Å². The van der Waals surface area contributed by atoms with Gasteiger partial charge in [0, 0.05) is 17.2 Å². The molecule has 0 radical (unpaired) electrons. The Labute approximate surface area is 234 Å². The number of hydrogen-bond donors (Lipinski definition) is 1. The second kappa shape index (κ2) is 8.67. The third-order valence-electron chi connectivity index (χ3n) is 8.91. The summed E-state index contributed by atoms with van der Waals surface area (Å²) >= 11 is 0. The molecule has 0 saturated heterocycles. The summed E-state index contributed by atoms with van der Waals surface area (Å²) in [7, 11) is 0. The lowest BCUT2D eigenvalue weighted by Crippen LogP contribution is -2.34. The molecule has 8 rings (SSSR count). The zero-order valence-electron chi connectivity index (χ0n) is 22.2. The van der Waals surface area contributed by atoms with Crippen LogP contribution in [0.15, 0.2) is 121 Å². The summed E-state index contributed by atoms with van der Waals surface area (Å²) in [5.41, 5.74) is 15.4. The molecule has 1 spiro atoms. The van der Waals surface area contributed by atoms with Crippen molar-refractivity contribution in [1.82, 2.24) is 0 Å². The van der Waals surface area contributed by atoms with E-state index < -0.39 is 5.41 Å². The number of benzene rings is 5. The molecule has 0 aromatic heterocycles. The minimum atomic E-state index is -0.406. The molecule has 1 heterocycles. The van der Waals surface area contributed by atoms with Crippen LogP contribution in [0.5, 0.6) is 11.5 Å². The average Bonchev–Trinajstić information content (AvgIpc) is 3.28. The highest BCUT2D eigenvalue weighted by Gasteiger charge is 2.52. The van der Waals surface area contributed by atoms with Crippen molar-refractivity contribution in [3.63, 3.8) is 0 Å². The lowest BCUT2D eigenvalue weighted by Gasteiger charge is -2.41. The first-order chi connectivity index (χ1) is 19.6. The zero-order valence-corrected chi connectivity index (χ0v) is 22.2. The molecule has 192 valence electrons. The largest absolute Gasteiger partial charge is 0.457 e. The third-order valence-corrected chi connectivity index (χ3v) is 8.91. The van der Waals surface area contributed by atoms with Crippen molar-refractivity contribution in [3.05, 3.63) is 159 Å². The maximum absolute atomic E-state index is 6.93. The van der Waals surface area contributed by atoms with Crippen molar-refractivity contribution >= 4 is 29.0 Å². The number of hydrogen-bond acceptors (Lipinski definition) is 2. The van der Waals surface area contributed by atoms with Gasteiger partial charge in [0.2, 0.25) is 0 Å². The average molecular weight is 516 g/mol. The third kappa shape index (κ3) is 3.20. The Bertz CT molecular complexity index is 2030. The summed E-state index contributed by atoms with van der Waals surface area (Å²) in [5.74, 6) is 1.82. The van der Waals surface area contributed by atoms with Crippen molar-refractivity contribution in [2.75, 3.05) is 0 Å². The van der Waals surface area contributed by atoms with E-state index in [1.54, 1.807) is 0 Å². The van der Waals surface area contributed by atoms with Crippen molar-refractivity contribution in [3.8, 4) is 11.5 Å². The van der Waals surface area contributed by atoms with E-state index in [9.17, 15) is 0 Å². The predicted molar refractivity (Wildman–Crippen MR) is 165 cm³/mol. The van der Waals surface area contributed by atoms with E-state index in [2.05, 4.69) is 128 Å². The molecule has 1 aliphatic heterocycles. The van der Waals surface area contributed by atoms with Gasteiger partial charge in [0.15, 0.2) is 0 Å². The van der Waals surface area contributed by atoms with Gasteiger partial charge in [0.25, 0.3) is 0 Å². The maximum Gasteiger partial charge on any atom is 0.132 e. The smallest absolute Gasteiger partial charge is 0.132 e. The molecular formula is C38H29NO. The van der Waals surface area contributed by atoms with E-state index in [0.717, 1.165) is 40.3 Å². The van der Waals surface area contributed by atoms with Crippen LogP contribution in [0.25, 0.3) is 29.0 Å². The van der Waals surface area contributed by atoms with Crippen LogP contribution in [-0.2, 0) is 5.41 Å². The van der Waals surface area contributed by atoms with Crippen LogP contribution in [0, 0.1) is 0 Å². The van der Waals surface area contributed by atoms with E-state index >= 15 is 0 Å². The van der Waals surface area contributed by atoms with Crippen LogP contribution in [-0.4, -0.2) is 0 Å². The van der Waals surface area contributed by atoms with E-state index in [1.807, 2.05) is 0 Å². The molecule has 0 fully saturated rings. The van der Waals surface area contributed by atoms with E-state index in [4.69, 9.17) is 10.5 Å². The van der Waals surface area contributed by atoms with E-state index in [-0.39, 0.29) is 6.04 Å². The van der Waals surface area contributed by atoms with Gasteiger partial charge < -0.3 is 10.5 Å². The predicted octanol–water partition coefficient (Wildman–Crippen LogP) is 7.29. The maximum atomic E-state index is 6.93. The second-order valence-corrected chi connectivity index (χ2v) is 11.1. The molecular weight excluding hydrogens is 486 g/mol. The molecule has 2 atom stereocenters. The van der Waals surface area contributed by atoms with Gasteiger partial charge in [-0.2, -0.15) is 0 Å². The van der Waals surface area contributed by atoms with Gasteiger partial charge in [-0.15, -0.1) is 0 Å². The molecule has 5 aromatic rings. The number of para-hydroxylation sites is 1. The van der Waals surface area contributed by atoms with Gasteiger partial charge >= 0.3 is 0 Å². The first-order valence-electron chi connectivity index (χ1n) is 14.0. The standard InChI is InChI=1S/C38H29NO/c1-24-20-25-10-2-3-11-26(25)21-28(24)23-35(39)27-18-19-37-34(22-27)38(33-16-8-9-17-36(33)40-37)31-14-6-4-12-29(31)30-13-5-7-15-32(30)38/h2-6,8-14,16-23,35H,1,7,15,39H2/b28-23-. The molecule has 0 saturated carbocycles. The summed E-state index contributed by atoms with van der Waals surface area (Å²) in [6.45, 7) is 4.32. The Morgan fingerprint density at radius 2 is 1.50 bits per heavy atom. The second-order valence-electron chi connectivity index (χ2n) is 11.1. The van der Waals surface area contributed by atoms with Gasteiger partial charge in [-0.3, -0.25) is 0 Å². The normalized spacial score (nSPS) is 19.7. The number of allylic oxidation sites excluding steroid dienone is 4. The lowest BCUT2D eigenvalue weighted by molar-refractivity contribution is 0.431. The van der Waals surface area contributed by atoms with Gasteiger partial charge in [0.05, 0.1) is 5.41 Å².